The van der Waals surface area contributed by atoms with Gasteiger partial charge in [-0.05, 0) is 39.9 Å². The van der Waals surface area contributed by atoms with Crippen molar-refractivity contribution in [1.29, 1.82) is 0 Å². The monoisotopic (exact) mass is 340 g/mol. The van der Waals surface area contributed by atoms with Crippen molar-refractivity contribution in [2.24, 2.45) is 0 Å². The van der Waals surface area contributed by atoms with Crippen LogP contribution in [0, 0.1) is 6.92 Å². The fourth-order valence-electron chi connectivity index (χ4n) is 1.76. The van der Waals surface area contributed by atoms with E-state index in [1.807, 2.05) is 25.3 Å². The van der Waals surface area contributed by atoms with Crippen molar-refractivity contribution in [1.82, 2.24) is 9.97 Å². The normalized spacial score (nSPS) is 10.5. The molecule has 100 valence electrons. The molecule has 0 amide bonds. The molecule has 2 rings (SSSR count). The number of rotatable bonds is 3. The molecule has 0 fully saturated rings. The van der Waals surface area contributed by atoms with Crippen molar-refractivity contribution in [3.05, 3.63) is 32.3 Å². The van der Waals surface area contributed by atoms with Gasteiger partial charge < -0.3 is 4.74 Å². The minimum Gasteiger partial charge on any atom is -0.465 e. The number of halogens is 1. The summed E-state index contributed by atoms with van der Waals surface area (Å²) in [6.07, 6.45) is 0.739. The maximum atomic E-state index is 11.8. The van der Waals surface area contributed by atoms with Crippen LogP contribution in [0.1, 0.15) is 28.0 Å². The van der Waals surface area contributed by atoms with Crippen LogP contribution in [0.2, 0.25) is 0 Å². The summed E-state index contributed by atoms with van der Waals surface area (Å²) in [5, 5.41) is 1.93. The van der Waals surface area contributed by atoms with Gasteiger partial charge in [-0.1, -0.05) is 6.92 Å². The van der Waals surface area contributed by atoms with E-state index in [0.29, 0.717) is 4.88 Å². The van der Waals surface area contributed by atoms with Gasteiger partial charge in [-0.2, -0.15) is 0 Å². The first kappa shape index (κ1) is 14.1. The van der Waals surface area contributed by atoms with Crippen LogP contribution in [0.3, 0.4) is 0 Å². The maximum absolute atomic E-state index is 11.8. The third kappa shape index (κ3) is 2.84. The number of aromatic nitrogens is 2. The first-order chi connectivity index (χ1) is 9.06. The second kappa shape index (κ2) is 5.79. The van der Waals surface area contributed by atoms with Crippen LogP contribution in [0.25, 0.3) is 11.3 Å². The highest BCUT2D eigenvalue weighted by Crippen LogP contribution is 2.32. The van der Waals surface area contributed by atoms with E-state index < -0.39 is 0 Å². The third-order valence-electron chi connectivity index (χ3n) is 2.66. The standard InChI is InChI=1S/C13H13BrN2O2S/c1-4-10-15-8(5-9(14)16-10)11-7(2)6-19-12(11)13(17)18-3/h5-6H,4H2,1-3H3. The highest BCUT2D eigenvalue weighted by molar-refractivity contribution is 9.10. The lowest BCUT2D eigenvalue weighted by Crippen LogP contribution is -2.03. The molecular weight excluding hydrogens is 328 g/mol. The summed E-state index contributed by atoms with van der Waals surface area (Å²) in [5.41, 5.74) is 2.59. The SMILES string of the molecule is CCc1nc(Br)cc(-c2c(C)csc2C(=O)OC)n1. The molecule has 2 aromatic heterocycles. The Balaban J connectivity index is 2.61. The topological polar surface area (TPSA) is 52.1 Å². The van der Waals surface area contributed by atoms with Crippen molar-refractivity contribution < 1.29 is 9.53 Å². The highest BCUT2D eigenvalue weighted by Gasteiger charge is 2.19. The molecule has 2 aromatic rings. The highest BCUT2D eigenvalue weighted by atomic mass is 79.9. The van der Waals surface area contributed by atoms with Crippen molar-refractivity contribution in [3.8, 4) is 11.3 Å². The molecule has 19 heavy (non-hydrogen) atoms. The Morgan fingerprint density at radius 2 is 2.21 bits per heavy atom. The van der Waals surface area contributed by atoms with Crippen molar-refractivity contribution in [2.45, 2.75) is 20.3 Å². The number of carbonyl (C=O) groups is 1. The Labute approximate surface area is 124 Å². The first-order valence-electron chi connectivity index (χ1n) is 5.77. The molecule has 0 radical (unpaired) electrons. The van der Waals surface area contributed by atoms with E-state index in [4.69, 9.17) is 4.74 Å². The number of methoxy groups -OCH3 is 1. The number of carbonyl (C=O) groups excluding carboxylic acids is 1. The zero-order chi connectivity index (χ0) is 14.0. The number of nitrogens with zero attached hydrogens (tertiary/aromatic N) is 2. The lowest BCUT2D eigenvalue weighted by atomic mass is 10.1. The number of thiophene rings is 1. The lowest BCUT2D eigenvalue weighted by Gasteiger charge is -2.06. The Morgan fingerprint density at radius 1 is 1.47 bits per heavy atom. The van der Waals surface area contributed by atoms with E-state index in [-0.39, 0.29) is 5.97 Å². The number of hydrogen-bond donors (Lipinski definition) is 0. The number of esters is 1. The summed E-state index contributed by atoms with van der Waals surface area (Å²) in [4.78, 5) is 21.1. The van der Waals surface area contributed by atoms with Gasteiger partial charge in [0.25, 0.3) is 0 Å². The summed E-state index contributed by atoms with van der Waals surface area (Å²) in [7, 11) is 1.38. The summed E-state index contributed by atoms with van der Waals surface area (Å²) in [6, 6.07) is 1.82. The van der Waals surface area contributed by atoms with E-state index in [1.54, 1.807) is 0 Å². The van der Waals surface area contributed by atoms with Gasteiger partial charge in [-0.25, -0.2) is 14.8 Å². The molecule has 0 N–H and O–H groups in total. The third-order valence-corrected chi connectivity index (χ3v) is 4.14. The molecule has 0 unspecified atom stereocenters. The molecule has 0 aromatic carbocycles. The second-order valence-corrected chi connectivity index (χ2v) is 5.65. The van der Waals surface area contributed by atoms with Crippen LogP contribution in [-0.4, -0.2) is 23.0 Å². The van der Waals surface area contributed by atoms with E-state index >= 15 is 0 Å². The van der Waals surface area contributed by atoms with Gasteiger partial charge in [0.05, 0.1) is 12.8 Å². The Hall–Kier alpha value is -1.27. The smallest absolute Gasteiger partial charge is 0.348 e. The molecule has 0 atom stereocenters. The van der Waals surface area contributed by atoms with Crippen LogP contribution < -0.4 is 0 Å². The Kier molecular flexibility index (Phi) is 4.31. The molecule has 0 saturated heterocycles. The van der Waals surface area contributed by atoms with Gasteiger partial charge in [0, 0.05) is 12.0 Å². The summed E-state index contributed by atoms with van der Waals surface area (Å²) in [6.45, 7) is 3.95. The molecule has 0 aliphatic rings. The van der Waals surface area contributed by atoms with Gasteiger partial charge >= 0.3 is 5.97 Å². The minimum atomic E-state index is -0.333. The minimum absolute atomic E-state index is 0.333. The van der Waals surface area contributed by atoms with E-state index in [0.717, 1.165) is 33.7 Å². The van der Waals surface area contributed by atoms with Gasteiger partial charge in [0.1, 0.15) is 15.3 Å². The van der Waals surface area contributed by atoms with Crippen LogP contribution in [-0.2, 0) is 11.2 Å². The van der Waals surface area contributed by atoms with Crippen molar-refractivity contribution in [2.75, 3.05) is 7.11 Å². The van der Waals surface area contributed by atoms with Crippen LogP contribution in [0.15, 0.2) is 16.0 Å². The zero-order valence-electron chi connectivity index (χ0n) is 10.9. The number of hydrogen-bond acceptors (Lipinski definition) is 5. The first-order valence-corrected chi connectivity index (χ1v) is 7.44. The molecule has 6 heteroatoms. The van der Waals surface area contributed by atoms with Crippen LogP contribution in [0.4, 0.5) is 0 Å². The van der Waals surface area contributed by atoms with Gasteiger partial charge in [-0.3, -0.25) is 0 Å². The predicted octanol–water partition coefficient (Wildman–Crippen LogP) is 3.63. The molecule has 0 spiro atoms. The maximum Gasteiger partial charge on any atom is 0.348 e. The van der Waals surface area contributed by atoms with Gasteiger partial charge in [0.15, 0.2) is 0 Å². The number of ether oxygens (including phenoxy) is 1. The summed E-state index contributed by atoms with van der Waals surface area (Å²) < 4.78 is 5.53. The average Bonchev–Trinajstić information content (AvgIpc) is 2.79. The van der Waals surface area contributed by atoms with Gasteiger partial charge in [0.2, 0.25) is 0 Å². The number of aryl methyl sites for hydroxylation is 2. The zero-order valence-corrected chi connectivity index (χ0v) is 13.3. The lowest BCUT2D eigenvalue weighted by molar-refractivity contribution is 0.0607. The molecule has 0 aliphatic heterocycles. The molecule has 0 aliphatic carbocycles. The van der Waals surface area contributed by atoms with Crippen LogP contribution in [0.5, 0.6) is 0 Å². The Bertz CT molecular complexity index is 625. The second-order valence-electron chi connectivity index (χ2n) is 3.96. The fraction of sp³-hybridized carbons (Fsp3) is 0.308. The summed E-state index contributed by atoms with van der Waals surface area (Å²) >= 11 is 4.75. The van der Waals surface area contributed by atoms with E-state index in [2.05, 4.69) is 25.9 Å². The van der Waals surface area contributed by atoms with E-state index in [1.165, 1.54) is 18.4 Å². The fourth-order valence-corrected chi connectivity index (χ4v) is 3.15. The quantitative estimate of drug-likeness (QED) is 0.632. The summed E-state index contributed by atoms with van der Waals surface area (Å²) in [5.74, 6) is 0.409. The molecule has 4 nitrogen and oxygen atoms in total. The largest absolute Gasteiger partial charge is 0.465 e. The Morgan fingerprint density at radius 3 is 2.84 bits per heavy atom. The molecule has 2 heterocycles. The van der Waals surface area contributed by atoms with Crippen molar-refractivity contribution in [3.63, 3.8) is 0 Å². The molecular formula is C13H13BrN2O2S. The van der Waals surface area contributed by atoms with Gasteiger partial charge in [-0.15, -0.1) is 11.3 Å². The van der Waals surface area contributed by atoms with Crippen molar-refractivity contribution >= 4 is 33.2 Å². The predicted molar refractivity (Wildman–Crippen MR) is 78.5 cm³/mol. The van der Waals surface area contributed by atoms with Crippen LogP contribution >= 0.6 is 27.3 Å². The molecule has 0 saturated carbocycles. The van der Waals surface area contributed by atoms with E-state index in [9.17, 15) is 4.79 Å². The molecule has 0 bridgehead atoms. The average molecular weight is 341 g/mol.